The smallest absolute Gasteiger partial charge is 0.0623 e. The molecule has 15 aromatic rings. The van der Waals surface area contributed by atoms with Crippen molar-refractivity contribution >= 4 is 58.8 Å². The zero-order valence-corrected chi connectivity index (χ0v) is 50.1. The van der Waals surface area contributed by atoms with Gasteiger partial charge in [0.25, 0.3) is 0 Å². The van der Waals surface area contributed by atoms with Gasteiger partial charge in [0.15, 0.2) is 0 Å². The highest BCUT2D eigenvalue weighted by Gasteiger charge is 2.37. The second-order valence-corrected chi connectivity index (χ2v) is 28.7. The Labute approximate surface area is 518 Å². The first-order chi connectivity index (χ1) is 43.7. The Morgan fingerprint density at radius 3 is 1.42 bits per heavy atom. The Bertz CT molecular complexity index is 4840. The topological polar surface area (TPSA) is 9.86 Å². The molecule has 88 heavy (non-hydrogen) atoms. The lowest BCUT2D eigenvalue weighted by atomic mass is 9.95. The standard InChI is InChI=1S/C84H60N2S2/c1-9-30-61(31-10-1)64-36-29-47-71(56-64)88(69-43-21-7-22-44-69,70-45-23-8-24-46-70)73-58-77(62-32-11-2-12-33-62)84(78(59-73)63-34-13-3-14-35-63)86-81-51-28-26-49-75(81)79-57-65(52-55-82(79)86)85-80-50-27-25-48-74(80)76-54-53-72(60-83(76)85)87(66-37-15-4-16-38-66,67-39-17-5-18-40-67)68-41-19-6-20-42-68/h1-13,15-27,29-34,36-50,52-60H,28,51H2. The Kier molecular flexibility index (Phi) is 13.5. The van der Waals surface area contributed by atoms with Gasteiger partial charge in [0.1, 0.15) is 0 Å². The van der Waals surface area contributed by atoms with Gasteiger partial charge in [-0.1, -0.05) is 218 Å². The molecule has 0 fully saturated rings. The van der Waals surface area contributed by atoms with Crippen molar-refractivity contribution in [1.29, 1.82) is 0 Å². The van der Waals surface area contributed by atoms with Crippen LogP contribution in [-0.4, -0.2) is 9.13 Å². The van der Waals surface area contributed by atoms with E-state index in [0.717, 1.165) is 52.0 Å². The second kappa shape index (κ2) is 22.4. The highest BCUT2D eigenvalue weighted by Crippen LogP contribution is 2.75. The van der Waals surface area contributed by atoms with Gasteiger partial charge in [-0.3, -0.25) is 0 Å². The van der Waals surface area contributed by atoms with Crippen LogP contribution in [0.1, 0.15) is 17.7 Å². The van der Waals surface area contributed by atoms with Gasteiger partial charge in [-0.25, -0.2) is 0 Å². The van der Waals surface area contributed by atoms with E-state index in [-0.39, 0.29) is 0 Å². The van der Waals surface area contributed by atoms with Crippen LogP contribution in [0.4, 0.5) is 0 Å². The molecule has 2 heterocycles. The maximum absolute atomic E-state index is 3.69. The molecule has 0 unspecified atom stereocenters. The largest absolute Gasteiger partial charge is 0.312 e. The number of para-hydroxylation sites is 1. The predicted octanol–water partition coefficient (Wildman–Crippen LogP) is 23.0. The lowest BCUT2D eigenvalue weighted by Crippen LogP contribution is -2.10. The van der Waals surface area contributed by atoms with Gasteiger partial charge < -0.3 is 9.13 Å². The predicted molar refractivity (Wildman–Crippen MR) is 369 cm³/mol. The Hall–Kier alpha value is -10.5. The molecule has 0 N–H and O–H groups in total. The van der Waals surface area contributed by atoms with Gasteiger partial charge in [-0.15, -0.1) is 20.1 Å². The average molecular weight is 1160 g/mol. The van der Waals surface area contributed by atoms with Gasteiger partial charge in [0.05, 0.1) is 22.2 Å². The van der Waals surface area contributed by atoms with Crippen molar-refractivity contribution in [2.75, 3.05) is 0 Å². The number of allylic oxidation sites excluding steroid dienone is 1. The number of hydrogen-bond donors (Lipinski definition) is 0. The van der Waals surface area contributed by atoms with Crippen LogP contribution < -0.4 is 0 Å². The van der Waals surface area contributed by atoms with Gasteiger partial charge in [-0.05, 0) is 163 Å². The van der Waals surface area contributed by atoms with Crippen molar-refractivity contribution in [3.63, 3.8) is 0 Å². The van der Waals surface area contributed by atoms with Crippen molar-refractivity contribution in [1.82, 2.24) is 9.13 Å². The molecule has 2 nitrogen and oxygen atoms in total. The van der Waals surface area contributed by atoms with Crippen LogP contribution >= 0.6 is 20.1 Å². The first-order valence-corrected chi connectivity index (χ1v) is 33.5. The highest BCUT2D eigenvalue weighted by molar-refractivity contribution is 8.34. The fraction of sp³-hybridized carbons (Fsp3) is 0.0238. The zero-order valence-electron chi connectivity index (χ0n) is 48.5. The summed E-state index contributed by atoms with van der Waals surface area (Å²) in [6, 6.07) is 129. The number of rotatable bonds is 13. The quantitative estimate of drug-likeness (QED) is 0.109. The van der Waals surface area contributed by atoms with Gasteiger partial charge in [0.2, 0.25) is 0 Å². The molecule has 16 rings (SSSR count). The van der Waals surface area contributed by atoms with Crippen LogP contribution in [0.25, 0.3) is 83.5 Å². The van der Waals surface area contributed by atoms with Crippen molar-refractivity contribution < 1.29 is 0 Å². The molecule has 4 heteroatoms. The Morgan fingerprint density at radius 2 is 0.818 bits per heavy atom. The molecule has 0 saturated carbocycles. The van der Waals surface area contributed by atoms with Gasteiger partial charge >= 0.3 is 0 Å². The van der Waals surface area contributed by atoms with Crippen molar-refractivity contribution in [3.8, 4) is 44.8 Å². The minimum Gasteiger partial charge on any atom is -0.312 e. The van der Waals surface area contributed by atoms with Gasteiger partial charge in [0, 0.05) is 89.0 Å². The average Bonchev–Trinajstić information content (AvgIpc) is 1.17. The summed E-state index contributed by atoms with van der Waals surface area (Å²) in [4.78, 5) is 10.2. The maximum Gasteiger partial charge on any atom is 0.0623 e. The SMILES string of the molecule is c1cccc(-c2cc(S(c3ccccc3)(c3ccccc3)c3cccc(-c4ccccc4)c3)cc(-c3ccccc3)c2-n2c3c(c4cc(-n5c6ccccc6c6ccc(S(c7ccccc7)(c7ccccc7)c7ccccc7)cc65)ccc42)C=CCC3)c#1. The van der Waals surface area contributed by atoms with Crippen molar-refractivity contribution in [2.45, 2.75) is 52.0 Å². The number of fused-ring (bicyclic) bond motifs is 6. The van der Waals surface area contributed by atoms with Crippen LogP contribution in [0, 0.1) is 12.1 Å². The number of hydrogen-bond acceptors (Lipinski definition) is 0. The summed E-state index contributed by atoms with van der Waals surface area (Å²) >= 11 is 0. The zero-order chi connectivity index (χ0) is 58.4. The fourth-order valence-electron chi connectivity index (χ4n) is 13.9. The van der Waals surface area contributed by atoms with Crippen LogP contribution in [-0.2, 0) is 6.42 Å². The van der Waals surface area contributed by atoms with E-state index in [1.165, 1.54) is 88.7 Å². The molecular formula is C84H60N2S2. The molecule has 0 saturated heterocycles. The van der Waals surface area contributed by atoms with Crippen molar-refractivity contribution in [2.24, 2.45) is 0 Å². The molecular weight excluding hydrogens is 1100 g/mol. The monoisotopic (exact) mass is 1160 g/mol. The molecule has 1 aliphatic carbocycles. The molecule has 1 aliphatic rings. The molecule has 0 spiro atoms. The van der Waals surface area contributed by atoms with Crippen LogP contribution in [0.3, 0.4) is 0 Å². The van der Waals surface area contributed by atoms with Crippen LogP contribution in [0.2, 0.25) is 0 Å². The van der Waals surface area contributed by atoms with E-state index >= 15 is 0 Å². The Balaban J connectivity index is 0.974. The van der Waals surface area contributed by atoms with Gasteiger partial charge in [-0.2, -0.15) is 0 Å². The summed E-state index contributed by atoms with van der Waals surface area (Å²) in [6.45, 7) is 0. The van der Waals surface area contributed by atoms with Crippen LogP contribution in [0.5, 0.6) is 0 Å². The summed E-state index contributed by atoms with van der Waals surface area (Å²) in [7, 11) is -4.19. The first kappa shape index (κ1) is 53.0. The fourth-order valence-corrected chi connectivity index (χ4v) is 21.7. The van der Waals surface area contributed by atoms with E-state index in [0.29, 0.717) is 0 Å². The normalized spacial score (nSPS) is 12.7. The van der Waals surface area contributed by atoms with E-state index in [1.807, 2.05) is 6.07 Å². The first-order valence-electron chi connectivity index (χ1n) is 30.3. The summed E-state index contributed by atoms with van der Waals surface area (Å²) in [5, 5.41) is 3.67. The molecule has 2 aromatic heterocycles. The molecule has 418 valence electrons. The molecule has 13 aromatic carbocycles. The van der Waals surface area contributed by atoms with E-state index in [2.05, 4.69) is 355 Å². The third-order valence-corrected chi connectivity index (χ3v) is 25.4. The third-order valence-electron chi connectivity index (χ3n) is 17.6. The summed E-state index contributed by atoms with van der Waals surface area (Å²) in [5.74, 6) is 0. The van der Waals surface area contributed by atoms with Crippen molar-refractivity contribution in [3.05, 3.63) is 357 Å². The lowest BCUT2D eigenvalue weighted by Gasteiger charge is -2.43. The third kappa shape index (κ3) is 8.69. The second-order valence-electron chi connectivity index (χ2n) is 22.5. The molecule has 0 atom stereocenters. The lowest BCUT2D eigenvalue weighted by molar-refractivity contribution is 0.889. The van der Waals surface area contributed by atoms with E-state index in [4.69, 9.17) is 0 Å². The minimum atomic E-state index is -2.22. The summed E-state index contributed by atoms with van der Waals surface area (Å²) in [6.07, 6.45) is 6.58. The maximum atomic E-state index is 3.69. The van der Waals surface area contributed by atoms with E-state index in [9.17, 15) is 0 Å². The number of nitrogens with zero attached hydrogens (tertiary/aromatic N) is 2. The summed E-state index contributed by atoms with van der Waals surface area (Å²) in [5.41, 5.74) is 15.1. The summed E-state index contributed by atoms with van der Waals surface area (Å²) < 4.78 is 5.15. The Morgan fingerprint density at radius 1 is 0.318 bits per heavy atom. The number of benzene rings is 12. The van der Waals surface area contributed by atoms with Crippen LogP contribution in [0.15, 0.2) is 373 Å². The molecule has 0 radical (unpaired) electrons. The molecule has 0 amide bonds. The molecule has 0 bridgehead atoms. The number of aromatic nitrogens is 2. The van der Waals surface area contributed by atoms with E-state index in [1.54, 1.807) is 0 Å². The highest BCUT2D eigenvalue weighted by atomic mass is 32.3. The minimum absolute atomic E-state index is 0.882. The molecule has 0 aliphatic heterocycles. The van der Waals surface area contributed by atoms with E-state index < -0.39 is 20.1 Å².